The van der Waals surface area contributed by atoms with Crippen molar-refractivity contribution in [2.45, 2.75) is 51.8 Å². The van der Waals surface area contributed by atoms with Gasteiger partial charge in [-0.25, -0.2) is 9.78 Å². The molecule has 208 valence electrons. The summed E-state index contributed by atoms with van der Waals surface area (Å²) in [5, 5.41) is 13.3. The summed E-state index contributed by atoms with van der Waals surface area (Å²) < 4.78 is 15.2. The SMILES string of the molecule is COc1cc(C(=O)N2CCC[C@@H](OC(=O)NC(C)(C)C)C2)cc2nc(-c3cc4ccccc4n3CC#N)n(C)c12. The summed E-state index contributed by atoms with van der Waals surface area (Å²) in [5.74, 6) is 1.02. The number of piperidine rings is 1. The maximum absolute atomic E-state index is 13.6. The van der Waals surface area contributed by atoms with Crippen molar-refractivity contribution >= 4 is 33.9 Å². The number of amides is 2. The molecule has 0 spiro atoms. The number of fused-ring (bicyclic) bond motifs is 2. The normalized spacial score (nSPS) is 15.7. The fourth-order valence-corrected chi connectivity index (χ4v) is 5.34. The molecule has 1 aliphatic heterocycles. The summed E-state index contributed by atoms with van der Waals surface area (Å²) >= 11 is 0. The molecule has 10 heteroatoms. The van der Waals surface area contributed by atoms with Gasteiger partial charge in [0.05, 0.1) is 30.9 Å². The Balaban J connectivity index is 1.47. The van der Waals surface area contributed by atoms with Gasteiger partial charge in [-0.15, -0.1) is 0 Å². The van der Waals surface area contributed by atoms with Crippen LogP contribution in [0, 0.1) is 11.3 Å². The minimum Gasteiger partial charge on any atom is -0.494 e. The summed E-state index contributed by atoms with van der Waals surface area (Å²) in [4.78, 5) is 32.5. The molecule has 4 aromatic rings. The minimum absolute atomic E-state index is 0.171. The first kappa shape index (κ1) is 27.1. The maximum Gasteiger partial charge on any atom is 0.407 e. The molecule has 0 radical (unpaired) electrons. The van der Waals surface area contributed by atoms with Crippen LogP contribution in [0.5, 0.6) is 5.75 Å². The lowest BCUT2D eigenvalue weighted by atomic mass is 10.1. The van der Waals surface area contributed by atoms with E-state index in [1.165, 1.54) is 0 Å². The van der Waals surface area contributed by atoms with Crippen LogP contribution in [0.15, 0.2) is 42.5 Å². The predicted molar refractivity (Wildman–Crippen MR) is 152 cm³/mol. The van der Waals surface area contributed by atoms with E-state index in [0.29, 0.717) is 42.2 Å². The zero-order valence-corrected chi connectivity index (χ0v) is 23.5. The third-order valence-electron chi connectivity index (χ3n) is 7.09. The third-order valence-corrected chi connectivity index (χ3v) is 7.09. The molecule has 40 heavy (non-hydrogen) atoms. The van der Waals surface area contributed by atoms with Crippen LogP contribution in [0.3, 0.4) is 0 Å². The first-order valence-corrected chi connectivity index (χ1v) is 13.4. The number of imidazole rings is 1. The van der Waals surface area contributed by atoms with Crippen molar-refractivity contribution in [2.75, 3.05) is 20.2 Å². The Morgan fingerprint density at radius 1 is 1.20 bits per heavy atom. The van der Waals surface area contributed by atoms with Gasteiger partial charge in [-0.1, -0.05) is 18.2 Å². The van der Waals surface area contributed by atoms with Crippen LogP contribution in [0.2, 0.25) is 0 Å². The summed E-state index contributed by atoms with van der Waals surface area (Å²) in [6.07, 6.45) is 0.568. The molecule has 2 amide bonds. The average Bonchev–Trinajstić information content (AvgIpc) is 3.44. The number of nitriles is 1. The van der Waals surface area contributed by atoms with Crippen molar-refractivity contribution in [3.8, 4) is 23.3 Å². The van der Waals surface area contributed by atoms with E-state index in [4.69, 9.17) is 14.5 Å². The highest BCUT2D eigenvalue weighted by Crippen LogP contribution is 2.34. The zero-order chi connectivity index (χ0) is 28.6. The van der Waals surface area contributed by atoms with Gasteiger partial charge in [-0.05, 0) is 57.9 Å². The Morgan fingerprint density at radius 2 is 1.98 bits per heavy atom. The van der Waals surface area contributed by atoms with Gasteiger partial charge in [0, 0.05) is 35.6 Å². The van der Waals surface area contributed by atoms with Gasteiger partial charge in [0.15, 0.2) is 5.82 Å². The molecule has 0 bridgehead atoms. The Hall–Kier alpha value is -4.52. The molecule has 0 unspecified atom stereocenters. The number of ether oxygens (including phenoxy) is 2. The first-order chi connectivity index (χ1) is 19.1. The molecule has 1 atom stereocenters. The highest BCUT2D eigenvalue weighted by molar-refractivity contribution is 6.00. The second-order valence-electron chi connectivity index (χ2n) is 11.2. The predicted octanol–water partition coefficient (Wildman–Crippen LogP) is 4.86. The van der Waals surface area contributed by atoms with E-state index in [9.17, 15) is 14.9 Å². The Morgan fingerprint density at radius 3 is 2.70 bits per heavy atom. The molecular formula is C30H34N6O4. The van der Waals surface area contributed by atoms with Gasteiger partial charge in [-0.3, -0.25) is 4.79 Å². The number of likely N-dealkylation sites (tertiary alicyclic amines) is 1. The lowest BCUT2D eigenvalue weighted by Crippen LogP contribution is -2.47. The molecule has 1 N–H and O–H groups in total. The van der Waals surface area contributed by atoms with Crippen LogP contribution in [0.4, 0.5) is 4.79 Å². The smallest absolute Gasteiger partial charge is 0.407 e. The molecular weight excluding hydrogens is 508 g/mol. The van der Waals surface area contributed by atoms with Gasteiger partial charge in [-0.2, -0.15) is 5.26 Å². The second kappa shape index (κ2) is 10.6. The van der Waals surface area contributed by atoms with E-state index < -0.39 is 11.6 Å². The van der Waals surface area contributed by atoms with Gasteiger partial charge >= 0.3 is 6.09 Å². The van der Waals surface area contributed by atoms with Crippen LogP contribution in [0.25, 0.3) is 33.5 Å². The lowest BCUT2D eigenvalue weighted by molar-refractivity contribution is 0.0322. The molecule has 1 saturated heterocycles. The van der Waals surface area contributed by atoms with E-state index in [1.54, 1.807) is 24.1 Å². The van der Waals surface area contributed by atoms with Crippen LogP contribution in [-0.2, 0) is 18.3 Å². The van der Waals surface area contributed by atoms with Gasteiger partial charge < -0.3 is 28.8 Å². The van der Waals surface area contributed by atoms with Crippen LogP contribution in [-0.4, -0.2) is 62.9 Å². The number of para-hydroxylation sites is 1. The number of rotatable bonds is 5. The molecule has 2 aromatic heterocycles. The summed E-state index contributed by atoms with van der Waals surface area (Å²) in [5.41, 5.74) is 3.17. The number of alkyl carbamates (subject to hydrolysis) is 1. The van der Waals surface area contributed by atoms with Crippen molar-refractivity contribution in [1.29, 1.82) is 5.26 Å². The Bertz CT molecular complexity index is 1640. The molecule has 10 nitrogen and oxygen atoms in total. The van der Waals surface area contributed by atoms with E-state index in [2.05, 4.69) is 11.4 Å². The first-order valence-electron chi connectivity index (χ1n) is 13.4. The maximum atomic E-state index is 13.6. The van der Waals surface area contributed by atoms with E-state index >= 15 is 0 Å². The topological polar surface area (TPSA) is 114 Å². The van der Waals surface area contributed by atoms with Crippen LogP contribution >= 0.6 is 0 Å². The number of nitrogens with zero attached hydrogens (tertiary/aromatic N) is 5. The Labute approximate surface area is 233 Å². The van der Waals surface area contributed by atoms with Crippen molar-refractivity contribution in [1.82, 2.24) is 24.3 Å². The highest BCUT2D eigenvalue weighted by atomic mass is 16.6. The number of carbonyl (C=O) groups is 2. The second-order valence-corrected chi connectivity index (χ2v) is 11.2. The van der Waals surface area contributed by atoms with Crippen molar-refractivity contribution in [3.63, 3.8) is 0 Å². The molecule has 3 heterocycles. The number of nitrogens with one attached hydrogen (secondary N) is 1. The average molecular weight is 543 g/mol. The van der Waals surface area contributed by atoms with Crippen LogP contribution < -0.4 is 10.1 Å². The van der Waals surface area contributed by atoms with Crippen molar-refractivity contribution in [3.05, 3.63) is 48.0 Å². The minimum atomic E-state index is -0.482. The largest absolute Gasteiger partial charge is 0.494 e. The molecule has 2 aromatic carbocycles. The van der Waals surface area contributed by atoms with E-state index in [0.717, 1.165) is 28.5 Å². The van der Waals surface area contributed by atoms with Crippen molar-refractivity contribution < 1.29 is 19.1 Å². The lowest BCUT2D eigenvalue weighted by Gasteiger charge is -2.33. The monoisotopic (exact) mass is 542 g/mol. The molecule has 0 saturated carbocycles. The molecule has 1 fully saturated rings. The van der Waals surface area contributed by atoms with Gasteiger partial charge in [0.25, 0.3) is 5.91 Å². The highest BCUT2D eigenvalue weighted by Gasteiger charge is 2.29. The summed E-state index contributed by atoms with van der Waals surface area (Å²) in [6, 6.07) is 15.7. The number of benzene rings is 2. The number of hydrogen-bond acceptors (Lipinski definition) is 6. The third kappa shape index (κ3) is 5.19. The van der Waals surface area contributed by atoms with Gasteiger partial charge in [0.1, 0.15) is 23.9 Å². The number of aromatic nitrogens is 3. The van der Waals surface area contributed by atoms with Crippen LogP contribution in [0.1, 0.15) is 44.0 Å². The number of aryl methyl sites for hydroxylation is 1. The fraction of sp³-hybridized carbons (Fsp3) is 0.400. The number of carbonyl (C=O) groups excluding carboxylic acids is 2. The quantitative estimate of drug-likeness (QED) is 0.385. The standard InChI is InChI=1S/C30H34N6O4/c1-30(2,3)33-29(38)40-21-10-8-13-35(18-21)28(37)20-15-22-26(25(17-20)39-5)34(4)27(32-22)24-16-19-9-6-7-11-23(19)36(24)14-12-31/h6-7,9,11,15-17,21H,8,10,13-14,18H2,1-5H3,(H,33,38)/t21-/m1/s1. The van der Waals surface area contributed by atoms with E-state index in [-0.39, 0.29) is 18.6 Å². The molecule has 5 rings (SSSR count). The zero-order valence-electron chi connectivity index (χ0n) is 23.5. The van der Waals surface area contributed by atoms with Crippen molar-refractivity contribution in [2.24, 2.45) is 7.05 Å². The Kier molecular flexibility index (Phi) is 7.15. The molecule has 0 aliphatic carbocycles. The fourth-order valence-electron chi connectivity index (χ4n) is 5.34. The summed E-state index contributed by atoms with van der Waals surface area (Å²) in [7, 11) is 3.47. The van der Waals surface area contributed by atoms with E-state index in [1.807, 2.05) is 67.3 Å². The molecule has 1 aliphatic rings. The number of methoxy groups -OCH3 is 1. The summed E-state index contributed by atoms with van der Waals surface area (Å²) in [6.45, 7) is 6.74. The number of hydrogen-bond donors (Lipinski definition) is 1. The van der Waals surface area contributed by atoms with Gasteiger partial charge in [0.2, 0.25) is 0 Å².